The van der Waals surface area contributed by atoms with Gasteiger partial charge in [-0.25, -0.2) is 0 Å². The van der Waals surface area contributed by atoms with Crippen LogP contribution >= 0.6 is 0 Å². The first-order chi connectivity index (χ1) is 10.2. The second kappa shape index (κ2) is 7.40. The molecule has 1 aromatic heterocycles. The van der Waals surface area contributed by atoms with E-state index in [9.17, 15) is 4.79 Å². The summed E-state index contributed by atoms with van der Waals surface area (Å²) in [6.07, 6.45) is 3.41. The summed E-state index contributed by atoms with van der Waals surface area (Å²) in [4.78, 5) is 15.9. The third-order valence-electron chi connectivity index (χ3n) is 3.07. The van der Waals surface area contributed by atoms with Crippen molar-refractivity contribution in [1.29, 1.82) is 0 Å². The van der Waals surface area contributed by atoms with Gasteiger partial charge >= 0.3 is 0 Å². The molecule has 110 valence electrons. The molecule has 1 N–H and O–H groups in total. The largest absolute Gasteiger partial charge is 0.497 e. The molecule has 0 saturated heterocycles. The number of hydrogen-bond donors (Lipinski definition) is 1. The molecule has 0 aliphatic heterocycles. The van der Waals surface area contributed by atoms with Gasteiger partial charge in [-0.3, -0.25) is 9.78 Å². The maximum Gasteiger partial charge on any atom is 0.246 e. The first kappa shape index (κ1) is 15.0. The van der Waals surface area contributed by atoms with Crippen molar-refractivity contribution in [3.05, 3.63) is 59.9 Å². The standard InChI is InChI=1S/C16H18N2O3/c1-20-11-15(19)18-16(13-7-9-17-10-8-13)12-3-5-14(21-2)6-4-12/h3-10,16H,11H2,1-2H3,(H,18,19). The Kier molecular flexibility index (Phi) is 5.29. The van der Waals surface area contributed by atoms with Gasteiger partial charge in [0, 0.05) is 19.5 Å². The van der Waals surface area contributed by atoms with Crippen LogP contribution in [0.3, 0.4) is 0 Å². The molecule has 0 bridgehead atoms. The Balaban J connectivity index is 2.28. The van der Waals surface area contributed by atoms with Gasteiger partial charge in [0.1, 0.15) is 12.4 Å². The van der Waals surface area contributed by atoms with E-state index in [1.165, 1.54) is 7.11 Å². The Morgan fingerprint density at radius 1 is 1.10 bits per heavy atom. The first-order valence-corrected chi connectivity index (χ1v) is 6.56. The third-order valence-corrected chi connectivity index (χ3v) is 3.07. The number of nitrogens with one attached hydrogen (secondary N) is 1. The van der Waals surface area contributed by atoms with E-state index in [1.807, 2.05) is 36.4 Å². The lowest BCUT2D eigenvalue weighted by Crippen LogP contribution is -2.32. The van der Waals surface area contributed by atoms with E-state index >= 15 is 0 Å². The van der Waals surface area contributed by atoms with Crippen molar-refractivity contribution in [2.75, 3.05) is 20.8 Å². The van der Waals surface area contributed by atoms with E-state index in [1.54, 1.807) is 19.5 Å². The number of rotatable bonds is 6. The molecule has 1 amide bonds. The SMILES string of the molecule is COCC(=O)NC(c1ccncc1)c1ccc(OC)cc1. The highest BCUT2D eigenvalue weighted by Crippen LogP contribution is 2.23. The van der Waals surface area contributed by atoms with Crippen molar-refractivity contribution < 1.29 is 14.3 Å². The fraction of sp³-hybridized carbons (Fsp3) is 0.250. The van der Waals surface area contributed by atoms with Crippen LogP contribution in [0.5, 0.6) is 5.75 Å². The summed E-state index contributed by atoms with van der Waals surface area (Å²) < 4.78 is 10.0. The maximum atomic E-state index is 11.8. The first-order valence-electron chi connectivity index (χ1n) is 6.56. The highest BCUT2D eigenvalue weighted by molar-refractivity contribution is 5.78. The molecule has 0 aliphatic rings. The summed E-state index contributed by atoms with van der Waals surface area (Å²) in [5.74, 6) is 0.602. The zero-order valence-electron chi connectivity index (χ0n) is 12.1. The van der Waals surface area contributed by atoms with Crippen LogP contribution in [0.25, 0.3) is 0 Å². The number of carbonyl (C=O) groups is 1. The zero-order valence-corrected chi connectivity index (χ0v) is 12.1. The molecule has 1 heterocycles. The third kappa shape index (κ3) is 4.03. The number of amides is 1. The predicted molar refractivity (Wildman–Crippen MR) is 79.1 cm³/mol. The minimum absolute atomic E-state index is 0.0255. The van der Waals surface area contributed by atoms with E-state index in [0.717, 1.165) is 16.9 Å². The van der Waals surface area contributed by atoms with Gasteiger partial charge in [0.25, 0.3) is 0 Å². The molecule has 1 aromatic carbocycles. The Hall–Kier alpha value is -2.40. The van der Waals surface area contributed by atoms with Gasteiger partial charge in [0.2, 0.25) is 5.91 Å². The van der Waals surface area contributed by atoms with Crippen LogP contribution in [-0.4, -0.2) is 31.7 Å². The minimum atomic E-state index is -0.249. The van der Waals surface area contributed by atoms with Crippen molar-refractivity contribution in [1.82, 2.24) is 10.3 Å². The van der Waals surface area contributed by atoms with Crippen molar-refractivity contribution in [3.63, 3.8) is 0 Å². The lowest BCUT2D eigenvalue weighted by Gasteiger charge is -2.19. The molecule has 0 radical (unpaired) electrons. The Morgan fingerprint density at radius 2 is 1.71 bits per heavy atom. The summed E-state index contributed by atoms with van der Waals surface area (Å²) >= 11 is 0. The number of methoxy groups -OCH3 is 2. The van der Waals surface area contributed by atoms with E-state index in [4.69, 9.17) is 9.47 Å². The summed E-state index contributed by atoms with van der Waals surface area (Å²) in [5, 5.41) is 2.96. The van der Waals surface area contributed by atoms with E-state index in [-0.39, 0.29) is 18.6 Å². The van der Waals surface area contributed by atoms with Crippen molar-refractivity contribution in [2.24, 2.45) is 0 Å². The molecule has 5 heteroatoms. The van der Waals surface area contributed by atoms with Crippen molar-refractivity contribution >= 4 is 5.91 Å². The smallest absolute Gasteiger partial charge is 0.246 e. The molecular weight excluding hydrogens is 268 g/mol. The summed E-state index contributed by atoms with van der Waals surface area (Å²) in [6, 6.07) is 11.1. The normalized spacial score (nSPS) is 11.7. The fourth-order valence-corrected chi connectivity index (χ4v) is 2.05. The van der Waals surface area contributed by atoms with Gasteiger partial charge in [-0.2, -0.15) is 0 Å². The quantitative estimate of drug-likeness (QED) is 0.881. The van der Waals surface area contributed by atoms with Gasteiger partial charge in [-0.05, 0) is 35.4 Å². The molecule has 2 rings (SSSR count). The van der Waals surface area contributed by atoms with Crippen LogP contribution in [0.15, 0.2) is 48.8 Å². The molecule has 5 nitrogen and oxygen atoms in total. The highest BCUT2D eigenvalue weighted by atomic mass is 16.5. The fourth-order valence-electron chi connectivity index (χ4n) is 2.05. The number of pyridine rings is 1. The average Bonchev–Trinajstić information content (AvgIpc) is 2.54. The van der Waals surface area contributed by atoms with Crippen LogP contribution in [0.1, 0.15) is 17.2 Å². The Morgan fingerprint density at radius 3 is 2.29 bits per heavy atom. The van der Waals surface area contributed by atoms with E-state index < -0.39 is 0 Å². The second-order valence-corrected chi connectivity index (χ2v) is 4.49. The Bertz CT molecular complexity index is 570. The van der Waals surface area contributed by atoms with Crippen molar-refractivity contribution in [3.8, 4) is 5.75 Å². The van der Waals surface area contributed by atoms with Crippen LogP contribution < -0.4 is 10.1 Å². The van der Waals surface area contributed by atoms with Gasteiger partial charge in [-0.15, -0.1) is 0 Å². The number of benzene rings is 1. The van der Waals surface area contributed by atoms with Gasteiger partial charge in [0.15, 0.2) is 0 Å². The molecule has 0 spiro atoms. The molecular formula is C16H18N2O3. The zero-order chi connectivity index (χ0) is 15.1. The number of ether oxygens (including phenoxy) is 2. The van der Waals surface area contributed by atoms with E-state index in [0.29, 0.717) is 0 Å². The second-order valence-electron chi connectivity index (χ2n) is 4.49. The maximum absolute atomic E-state index is 11.8. The average molecular weight is 286 g/mol. The van der Waals surface area contributed by atoms with Gasteiger partial charge in [0.05, 0.1) is 13.2 Å². The summed E-state index contributed by atoms with van der Waals surface area (Å²) in [7, 11) is 3.12. The minimum Gasteiger partial charge on any atom is -0.497 e. The molecule has 2 aromatic rings. The van der Waals surface area contributed by atoms with Crippen LogP contribution in [0.2, 0.25) is 0 Å². The molecule has 1 atom stereocenters. The topological polar surface area (TPSA) is 60.5 Å². The number of nitrogens with zero attached hydrogens (tertiary/aromatic N) is 1. The summed E-state index contributed by atoms with van der Waals surface area (Å²) in [6.45, 7) is 0.0255. The van der Waals surface area contributed by atoms with Crippen LogP contribution in [-0.2, 0) is 9.53 Å². The molecule has 0 fully saturated rings. The monoisotopic (exact) mass is 286 g/mol. The van der Waals surface area contributed by atoms with Gasteiger partial charge < -0.3 is 14.8 Å². The van der Waals surface area contributed by atoms with Gasteiger partial charge in [-0.1, -0.05) is 12.1 Å². The van der Waals surface area contributed by atoms with Crippen molar-refractivity contribution in [2.45, 2.75) is 6.04 Å². The highest BCUT2D eigenvalue weighted by Gasteiger charge is 2.16. The molecule has 1 unspecified atom stereocenters. The number of hydrogen-bond acceptors (Lipinski definition) is 4. The predicted octanol–water partition coefficient (Wildman–Crippen LogP) is 1.94. The lowest BCUT2D eigenvalue weighted by molar-refractivity contribution is -0.125. The van der Waals surface area contributed by atoms with Crippen LogP contribution in [0.4, 0.5) is 0 Å². The van der Waals surface area contributed by atoms with Crippen LogP contribution in [0, 0.1) is 0 Å². The Labute approximate surface area is 123 Å². The lowest BCUT2D eigenvalue weighted by atomic mass is 9.99. The number of carbonyl (C=O) groups excluding carboxylic acids is 1. The molecule has 0 aliphatic carbocycles. The van der Waals surface area contributed by atoms with E-state index in [2.05, 4.69) is 10.3 Å². The molecule has 21 heavy (non-hydrogen) atoms. The number of aromatic nitrogens is 1. The molecule has 0 saturated carbocycles. The summed E-state index contributed by atoms with van der Waals surface area (Å²) in [5.41, 5.74) is 1.92.